The van der Waals surface area contributed by atoms with E-state index in [1.807, 2.05) is 24.3 Å². The molecule has 0 atom stereocenters. The van der Waals surface area contributed by atoms with Crippen LogP contribution in [0.15, 0.2) is 60.7 Å². The number of benzene rings is 2. The first kappa shape index (κ1) is 38.7. The number of halogens is 5. The van der Waals surface area contributed by atoms with Gasteiger partial charge >= 0.3 is 29.0 Å². The summed E-state index contributed by atoms with van der Waals surface area (Å²) in [6.07, 6.45) is 0. The zero-order valence-electron chi connectivity index (χ0n) is 21.9. The Labute approximate surface area is 283 Å². The van der Waals surface area contributed by atoms with Crippen LogP contribution in [0.5, 0.6) is 11.5 Å². The Morgan fingerprint density at radius 3 is 1.83 bits per heavy atom. The molecular weight excluding hydrogens is 694 g/mol. The van der Waals surface area contributed by atoms with Gasteiger partial charge < -0.3 is 31.2 Å². The minimum atomic E-state index is -0.600. The van der Waals surface area contributed by atoms with Crippen molar-refractivity contribution in [3.63, 3.8) is 0 Å². The molecule has 0 saturated carbocycles. The van der Waals surface area contributed by atoms with Crippen LogP contribution in [0.3, 0.4) is 0 Å². The van der Waals surface area contributed by atoms with Crippen molar-refractivity contribution in [2.75, 3.05) is 20.8 Å². The topological polar surface area (TPSA) is 113 Å². The number of hydrogen-bond acceptors (Lipinski definition) is 9. The van der Waals surface area contributed by atoms with Crippen molar-refractivity contribution in [2.45, 2.75) is 6.92 Å². The van der Waals surface area contributed by atoms with Gasteiger partial charge in [-0.25, -0.2) is 4.79 Å². The Morgan fingerprint density at radius 2 is 1.37 bits per heavy atom. The number of para-hydroxylation sites is 2. The third kappa shape index (κ3) is 12.7. The predicted octanol–water partition coefficient (Wildman–Crippen LogP) is 3.10. The van der Waals surface area contributed by atoms with Gasteiger partial charge in [0.1, 0.15) is 5.75 Å². The van der Waals surface area contributed by atoms with Crippen molar-refractivity contribution in [3.8, 4) is 11.5 Å². The number of hydrogen-bond donors (Lipinski definition) is 0. The minimum Gasteiger partial charge on any atom is -1.00 e. The van der Waals surface area contributed by atoms with Crippen molar-refractivity contribution < 1.29 is 40.8 Å². The molecule has 4 aromatic rings. The van der Waals surface area contributed by atoms with Crippen molar-refractivity contribution in [3.05, 3.63) is 104 Å². The molecule has 0 saturated heterocycles. The summed E-state index contributed by atoms with van der Waals surface area (Å²) < 4.78 is 14.7. The second-order valence-electron chi connectivity index (χ2n) is 6.91. The van der Waals surface area contributed by atoms with Crippen LogP contribution < -0.4 is 26.5 Å². The van der Waals surface area contributed by atoms with Crippen LogP contribution >= 0.6 is 46.4 Å². The van der Waals surface area contributed by atoms with Gasteiger partial charge in [-0.1, -0.05) is 58.5 Å². The van der Waals surface area contributed by atoms with Crippen molar-refractivity contribution in [2.24, 2.45) is 0 Å². The van der Waals surface area contributed by atoms with Crippen molar-refractivity contribution in [1.82, 2.24) is 20.4 Å². The van der Waals surface area contributed by atoms with Gasteiger partial charge in [0.2, 0.25) is 5.78 Å². The number of carbonyl (C=O) groups excluding carboxylic acids is 2. The molecule has 0 aliphatic carbocycles. The first-order valence-corrected chi connectivity index (χ1v) is 12.5. The van der Waals surface area contributed by atoms with E-state index in [0.29, 0.717) is 11.3 Å². The average Bonchev–Trinajstić information content (AvgIpc) is 2.94. The maximum atomic E-state index is 12.2. The Hall–Kier alpha value is -2.25. The Morgan fingerprint density at radius 1 is 0.805 bits per heavy atom. The van der Waals surface area contributed by atoms with Gasteiger partial charge in [0.05, 0.1) is 36.4 Å². The number of ketones is 1. The molecule has 0 spiro atoms. The first-order valence-electron chi connectivity index (χ1n) is 10.9. The normalized spacial score (nSPS) is 9.24. The van der Waals surface area contributed by atoms with Gasteiger partial charge in [-0.15, -0.1) is 32.5 Å². The average molecular weight is 715 g/mol. The monoisotopic (exact) mass is 712 g/mol. The number of ether oxygens (including phenoxy) is 3. The van der Waals surface area contributed by atoms with Gasteiger partial charge in [-0.05, 0) is 31.2 Å². The fourth-order valence-corrected chi connectivity index (χ4v) is 3.50. The van der Waals surface area contributed by atoms with E-state index in [1.54, 1.807) is 38.3 Å². The summed E-state index contributed by atoms with van der Waals surface area (Å²) in [5.41, 5.74) is 0.400. The molecule has 2 aromatic heterocycles. The van der Waals surface area contributed by atoms with Crippen LogP contribution in [-0.2, 0) is 4.74 Å². The molecule has 212 valence electrons. The van der Waals surface area contributed by atoms with E-state index in [4.69, 9.17) is 55.9 Å². The summed E-state index contributed by atoms with van der Waals surface area (Å²) in [6, 6.07) is 19.9. The second kappa shape index (κ2) is 20.6. The molecule has 0 fully saturated rings. The smallest absolute Gasteiger partial charge is 1.00 e. The van der Waals surface area contributed by atoms with E-state index in [0.717, 1.165) is 5.75 Å². The molecule has 9 nitrogen and oxygen atoms in total. The number of nitrogens with zero attached hydrogens (tertiary/aromatic N) is 4. The molecule has 41 heavy (non-hydrogen) atoms. The number of esters is 1. The summed E-state index contributed by atoms with van der Waals surface area (Å²) in [6.45, 7) is 1.95. The molecule has 15 heteroatoms. The van der Waals surface area contributed by atoms with Crippen molar-refractivity contribution in [1.29, 1.82) is 0 Å². The van der Waals surface area contributed by atoms with Crippen LogP contribution in [0.1, 0.15) is 33.5 Å². The molecule has 0 bridgehead atoms. The SMILES string of the molecule is CCOC(=O)c1nnc(Cl)cc1Cl.COc1[c-]cccc1.COc1ccccc1C(=O)c1nnc(Cl)cc1Cl.[Br-].[Mg+2]. The third-order valence-electron chi connectivity index (χ3n) is 4.37. The molecule has 4 rings (SSSR count). The van der Waals surface area contributed by atoms with Crippen LogP contribution in [0, 0.1) is 6.07 Å². The summed E-state index contributed by atoms with van der Waals surface area (Å²) >= 11 is 22.7. The molecular formula is C26H21BrCl4MgN4O5. The van der Waals surface area contributed by atoms with E-state index in [1.165, 1.54) is 19.2 Å². The predicted molar refractivity (Wildman–Crippen MR) is 154 cm³/mol. The number of methoxy groups -OCH3 is 2. The fourth-order valence-electron chi connectivity index (χ4n) is 2.65. The molecule has 2 aromatic carbocycles. The van der Waals surface area contributed by atoms with Gasteiger partial charge in [-0.2, -0.15) is 18.2 Å². The molecule has 0 aliphatic rings. The Kier molecular flexibility index (Phi) is 19.5. The van der Waals surface area contributed by atoms with Gasteiger partial charge in [0, 0.05) is 5.75 Å². The maximum absolute atomic E-state index is 12.2. The fraction of sp³-hybridized carbons (Fsp3) is 0.154. The largest absolute Gasteiger partial charge is 2.00 e. The molecule has 0 aliphatic heterocycles. The van der Waals surface area contributed by atoms with E-state index < -0.39 is 5.97 Å². The third-order valence-corrected chi connectivity index (χ3v) is 5.32. The van der Waals surface area contributed by atoms with Crippen LogP contribution in [-0.4, -0.2) is 76.0 Å². The molecule has 0 N–H and O–H groups in total. The van der Waals surface area contributed by atoms with E-state index >= 15 is 0 Å². The maximum Gasteiger partial charge on any atom is 2.00 e. The van der Waals surface area contributed by atoms with Crippen LogP contribution in [0.4, 0.5) is 0 Å². The summed E-state index contributed by atoms with van der Waals surface area (Å²) in [7, 11) is 3.12. The minimum absolute atomic E-state index is 0. The Bertz CT molecular complexity index is 1410. The quantitative estimate of drug-likeness (QED) is 0.129. The van der Waals surface area contributed by atoms with Gasteiger partial charge in [0.25, 0.3) is 0 Å². The number of rotatable bonds is 6. The standard InChI is InChI=1S/C12H8Cl2N2O2.C7H6Cl2N2O2.C7H7O.BrH.Mg/c1-18-9-5-3-2-4-7(9)12(17)11-8(13)6-10(14)15-16-11;1-2-13-7(12)6-4(8)3-5(9)10-11-6;1-8-7-5-3-2-4-6-7;;/h2-6H,1H3;3H,2H2,1H3;2-5H,1H3;1H;/q;;-1;;+2/p-1. The number of aromatic nitrogens is 4. The van der Waals surface area contributed by atoms with E-state index in [-0.39, 0.29) is 84.2 Å². The number of carbonyl (C=O) groups is 2. The zero-order valence-corrected chi connectivity index (χ0v) is 27.9. The summed E-state index contributed by atoms with van der Waals surface area (Å²) in [5.74, 6) is 0.279. The van der Waals surface area contributed by atoms with E-state index in [2.05, 4.69) is 31.2 Å². The van der Waals surface area contributed by atoms with Crippen LogP contribution in [0.2, 0.25) is 20.4 Å². The Balaban J connectivity index is 0.000000613. The van der Waals surface area contributed by atoms with Crippen LogP contribution in [0.25, 0.3) is 0 Å². The van der Waals surface area contributed by atoms with Gasteiger partial charge in [0.15, 0.2) is 21.7 Å². The van der Waals surface area contributed by atoms with Crippen molar-refractivity contribution >= 4 is 81.2 Å². The molecule has 2 heterocycles. The van der Waals surface area contributed by atoms with E-state index in [9.17, 15) is 9.59 Å². The second-order valence-corrected chi connectivity index (χ2v) is 8.50. The molecule has 0 amide bonds. The first-order chi connectivity index (χ1) is 18.7. The molecule has 0 unspecified atom stereocenters. The molecule has 0 radical (unpaired) electrons. The summed E-state index contributed by atoms with van der Waals surface area (Å²) in [4.78, 5) is 23.4. The van der Waals surface area contributed by atoms with Gasteiger partial charge in [-0.3, -0.25) is 4.79 Å². The summed E-state index contributed by atoms with van der Waals surface area (Å²) in [5, 5.41) is 14.9. The zero-order chi connectivity index (χ0) is 28.8.